The van der Waals surface area contributed by atoms with Crippen molar-refractivity contribution in [2.75, 3.05) is 24.7 Å². The van der Waals surface area contributed by atoms with E-state index in [-0.39, 0.29) is 11.8 Å². The quantitative estimate of drug-likeness (QED) is 0.892. The molecule has 1 aliphatic rings. The summed E-state index contributed by atoms with van der Waals surface area (Å²) in [4.78, 5) is 12.2. The molecule has 9 heteroatoms. The van der Waals surface area contributed by atoms with Gasteiger partial charge in [-0.1, -0.05) is 29.5 Å². The predicted molar refractivity (Wildman–Crippen MR) is 92.7 cm³/mol. The van der Waals surface area contributed by atoms with Gasteiger partial charge in [0.05, 0.1) is 6.26 Å². The van der Waals surface area contributed by atoms with E-state index in [0.29, 0.717) is 36.6 Å². The summed E-state index contributed by atoms with van der Waals surface area (Å²) < 4.78 is 24.6. The van der Waals surface area contributed by atoms with Crippen LogP contribution in [-0.4, -0.2) is 48.2 Å². The molecule has 3 rings (SSSR count). The highest BCUT2D eigenvalue weighted by atomic mass is 32.2. The maximum atomic E-state index is 12.2. The number of carbonyl (C=O) groups excluding carboxylic acids is 1. The summed E-state index contributed by atoms with van der Waals surface area (Å²) >= 11 is 1.27. The van der Waals surface area contributed by atoms with E-state index in [0.717, 1.165) is 5.01 Å². The van der Waals surface area contributed by atoms with Crippen molar-refractivity contribution in [2.24, 2.45) is 0 Å². The average molecular weight is 366 g/mol. The number of anilines is 1. The van der Waals surface area contributed by atoms with E-state index in [1.165, 1.54) is 21.9 Å². The number of amides is 1. The Morgan fingerprint density at radius 3 is 2.50 bits per heavy atom. The standard InChI is InChI=1S/C15H18N4O3S2/c1-24(21,22)19-9-7-11(8-10-19)14-17-18-15(23-14)13(20)16-12-5-3-2-4-6-12/h2-6,11H,7-10H2,1H3,(H,16,20). The smallest absolute Gasteiger partial charge is 0.286 e. The third-order valence-electron chi connectivity index (χ3n) is 3.94. The first-order valence-corrected chi connectivity index (χ1v) is 10.2. The van der Waals surface area contributed by atoms with Gasteiger partial charge in [-0.15, -0.1) is 10.2 Å². The summed E-state index contributed by atoms with van der Waals surface area (Å²) in [5, 5.41) is 12.0. The Kier molecular flexibility index (Phi) is 4.93. The predicted octanol–water partition coefficient (Wildman–Crippen LogP) is 1.93. The fourth-order valence-corrected chi connectivity index (χ4v) is 4.41. The number of para-hydroxylation sites is 1. The molecule has 2 heterocycles. The van der Waals surface area contributed by atoms with Crippen molar-refractivity contribution in [3.8, 4) is 0 Å². The minimum Gasteiger partial charge on any atom is -0.320 e. The van der Waals surface area contributed by atoms with Crippen LogP contribution in [0.25, 0.3) is 0 Å². The fraction of sp³-hybridized carbons (Fsp3) is 0.400. The molecule has 0 radical (unpaired) electrons. The molecule has 7 nitrogen and oxygen atoms in total. The number of rotatable bonds is 4. The Labute approximate surface area is 144 Å². The lowest BCUT2D eigenvalue weighted by molar-refractivity contribution is 0.102. The molecule has 128 valence electrons. The monoisotopic (exact) mass is 366 g/mol. The summed E-state index contributed by atoms with van der Waals surface area (Å²) in [5.74, 6) is -0.128. The number of aromatic nitrogens is 2. The summed E-state index contributed by atoms with van der Waals surface area (Å²) in [6.45, 7) is 0.962. The van der Waals surface area contributed by atoms with Crippen LogP contribution in [0, 0.1) is 0 Å². The highest BCUT2D eigenvalue weighted by molar-refractivity contribution is 7.88. The van der Waals surface area contributed by atoms with Crippen LogP contribution in [0.4, 0.5) is 5.69 Å². The molecule has 1 aliphatic heterocycles. The Morgan fingerprint density at radius 1 is 1.21 bits per heavy atom. The van der Waals surface area contributed by atoms with Crippen molar-refractivity contribution in [1.82, 2.24) is 14.5 Å². The molecule has 1 saturated heterocycles. The number of hydrogen-bond acceptors (Lipinski definition) is 6. The molecule has 1 aromatic carbocycles. The van der Waals surface area contributed by atoms with Crippen LogP contribution < -0.4 is 5.32 Å². The van der Waals surface area contributed by atoms with Gasteiger partial charge in [0.25, 0.3) is 5.91 Å². The SMILES string of the molecule is CS(=O)(=O)N1CCC(c2nnc(C(=O)Nc3ccccc3)s2)CC1. The molecule has 0 aliphatic carbocycles. The molecule has 24 heavy (non-hydrogen) atoms. The topological polar surface area (TPSA) is 92.3 Å². The average Bonchev–Trinajstić information content (AvgIpc) is 3.05. The zero-order valence-electron chi connectivity index (χ0n) is 13.2. The van der Waals surface area contributed by atoms with Crippen LogP contribution in [0.15, 0.2) is 30.3 Å². The van der Waals surface area contributed by atoms with E-state index in [4.69, 9.17) is 0 Å². The summed E-state index contributed by atoms with van der Waals surface area (Å²) in [6, 6.07) is 9.18. The molecule has 0 atom stereocenters. The number of nitrogens with one attached hydrogen (secondary N) is 1. The summed E-state index contributed by atoms with van der Waals surface area (Å²) in [5.41, 5.74) is 0.709. The Bertz CT molecular complexity index is 812. The second kappa shape index (κ2) is 6.96. The first-order chi connectivity index (χ1) is 11.4. The minimum atomic E-state index is -3.14. The minimum absolute atomic E-state index is 0.152. The zero-order chi connectivity index (χ0) is 17.2. The van der Waals surface area contributed by atoms with Crippen LogP contribution in [-0.2, 0) is 10.0 Å². The lowest BCUT2D eigenvalue weighted by Crippen LogP contribution is -2.37. The number of nitrogens with zero attached hydrogens (tertiary/aromatic N) is 3. The van der Waals surface area contributed by atoms with Crippen LogP contribution in [0.5, 0.6) is 0 Å². The van der Waals surface area contributed by atoms with E-state index >= 15 is 0 Å². The van der Waals surface area contributed by atoms with Gasteiger partial charge in [-0.25, -0.2) is 12.7 Å². The molecule has 1 amide bonds. The van der Waals surface area contributed by atoms with Crippen LogP contribution >= 0.6 is 11.3 Å². The number of benzene rings is 1. The Balaban J connectivity index is 1.63. The fourth-order valence-electron chi connectivity index (χ4n) is 2.63. The lowest BCUT2D eigenvalue weighted by Gasteiger charge is -2.28. The van der Waals surface area contributed by atoms with Crippen molar-refractivity contribution >= 4 is 33.0 Å². The van der Waals surface area contributed by atoms with Crippen LogP contribution in [0.2, 0.25) is 0 Å². The first-order valence-electron chi connectivity index (χ1n) is 7.58. The summed E-state index contributed by atoms with van der Waals surface area (Å²) in [7, 11) is -3.14. The van der Waals surface area contributed by atoms with E-state index in [1.807, 2.05) is 18.2 Å². The van der Waals surface area contributed by atoms with E-state index in [2.05, 4.69) is 15.5 Å². The number of sulfonamides is 1. The number of hydrogen-bond donors (Lipinski definition) is 1. The molecular weight excluding hydrogens is 348 g/mol. The molecule has 0 unspecified atom stereocenters. The molecule has 0 bridgehead atoms. The molecular formula is C15H18N4O3S2. The van der Waals surface area contributed by atoms with Crippen molar-refractivity contribution in [3.63, 3.8) is 0 Å². The molecule has 0 saturated carbocycles. The largest absolute Gasteiger partial charge is 0.320 e. The van der Waals surface area contributed by atoms with Gasteiger partial charge < -0.3 is 5.32 Å². The van der Waals surface area contributed by atoms with Gasteiger partial charge in [0.15, 0.2) is 0 Å². The van der Waals surface area contributed by atoms with Gasteiger partial charge in [-0.3, -0.25) is 4.79 Å². The lowest BCUT2D eigenvalue weighted by atomic mass is 9.99. The molecule has 2 aromatic rings. The third kappa shape index (κ3) is 3.97. The first kappa shape index (κ1) is 17.0. The third-order valence-corrected chi connectivity index (χ3v) is 6.33. The normalized spacial score (nSPS) is 16.9. The number of carbonyl (C=O) groups is 1. The Hall–Kier alpha value is -1.84. The van der Waals surface area contributed by atoms with Gasteiger partial charge in [0.2, 0.25) is 15.0 Å². The van der Waals surface area contributed by atoms with Crippen molar-refractivity contribution < 1.29 is 13.2 Å². The van der Waals surface area contributed by atoms with Crippen molar-refractivity contribution in [1.29, 1.82) is 0 Å². The van der Waals surface area contributed by atoms with Gasteiger partial charge >= 0.3 is 0 Å². The highest BCUT2D eigenvalue weighted by Crippen LogP contribution is 2.31. The van der Waals surface area contributed by atoms with E-state index < -0.39 is 10.0 Å². The van der Waals surface area contributed by atoms with E-state index in [9.17, 15) is 13.2 Å². The maximum absolute atomic E-state index is 12.2. The van der Waals surface area contributed by atoms with Crippen LogP contribution in [0.1, 0.15) is 33.6 Å². The van der Waals surface area contributed by atoms with E-state index in [1.54, 1.807) is 12.1 Å². The molecule has 1 fully saturated rings. The van der Waals surface area contributed by atoms with Crippen molar-refractivity contribution in [3.05, 3.63) is 40.3 Å². The van der Waals surface area contributed by atoms with Gasteiger partial charge in [0.1, 0.15) is 5.01 Å². The zero-order valence-corrected chi connectivity index (χ0v) is 14.8. The molecule has 1 aromatic heterocycles. The summed E-state index contributed by atoms with van der Waals surface area (Å²) in [6.07, 6.45) is 2.62. The highest BCUT2D eigenvalue weighted by Gasteiger charge is 2.28. The number of piperidine rings is 1. The molecule has 0 spiro atoms. The second-order valence-electron chi connectivity index (χ2n) is 5.70. The van der Waals surface area contributed by atoms with Crippen LogP contribution in [0.3, 0.4) is 0 Å². The van der Waals surface area contributed by atoms with Crippen molar-refractivity contribution in [2.45, 2.75) is 18.8 Å². The van der Waals surface area contributed by atoms with Gasteiger partial charge in [0, 0.05) is 24.7 Å². The Morgan fingerprint density at radius 2 is 1.88 bits per heavy atom. The molecule has 1 N–H and O–H groups in total. The maximum Gasteiger partial charge on any atom is 0.286 e. The second-order valence-corrected chi connectivity index (χ2v) is 8.69. The van der Waals surface area contributed by atoms with Gasteiger partial charge in [-0.2, -0.15) is 0 Å². The van der Waals surface area contributed by atoms with Gasteiger partial charge in [-0.05, 0) is 25.0 Å².